The number of para-hydroxylation sites is 1. The highest BCUT2D eigenvalue weighted by Crippen LogP contribution is 2.21. The zero-order valence-corrected chi connectivity index (χ0v) is 18.9. The molecule has 1 saturated heterocycles. The first-order valence-corrected chi connectivity index (χ1v) is 11.4. The van der Waals surface area contributed by atoms with Crippen molar-refractivity contribution in [3.8, 4) is 0 Å². The summed E-state index contributed by atoms with van der Waals surface area (Å²) in [4.78, 5) is 29.1. The van der Waals surface area contributed by atoms with E-state index in [4.69, 9.17) is 4.42 Å². The Morgan fingerprint density at radius 1 is 0.938 bits per heavy atom. The summed E-state index contributed by atoms with van der Waals surface area (Å²) < 4.78 is 5.39. The summed E-state index contributed by atoms with van der Waals surface area (Å²) in [5.41, 5.74) is 4.63. The van der Waals surface area contributed by atoms with E-state index in [0.717, 1.165) is 61.2 Å². The fourth-order valence-electron chi connectivity index (χ4n) is 4.32. The summed E-state index contributed by atoms with van der Waals surface area (Å²) in [6.07, 6.45) is 1.83. The fourth-order valence-corrected chi connectivity index (χ4v) is 4.32. The van der Waals surface area contributed by atoms with Gasteiger partial charge < -0.3 is 9.73 Å². The van der Waals surface area contributed by atoms with Gasteiger partial charge >= 0.3 is 5.63 Å². The van der Waals surface area contributed by atoms with Gasteiger partial charge in [0.1, 0.15) is 5.58 Å². The summed E-state index contributed by atoms with van der Waals surface area (Å²) in [6, 6.07) is 15.6. The van der Waals surface area contributed by atoms with E-state index < -0.39 is 0 Å². The number of carbonyl (C=O) groups excluding carboxylic acids is 1. The lowest BCUT2D eigenvalue weighted by molar-refractivity contribution is -0.117. The third-order valence-corrected chi connectivity index (χ3v) is 6.20. The monoisotopic (exact) mass is 433 g/mol. The van der Waals surface area contributed by atoms with E-state index >= 15 is 0 Å². The average Bonchev–Trinajstić information content (AvgIpc) is 2.80. The second-order valence-electron chi connectivity index (χ2n) is 8.39. The largest absolute Gasteiger partial charge is 0.423 e. The van der Waals surface area contributed by atoms with Gasteiger partial charge in [0, 0.05) is 49.9 Å². The summed E-state index contributed by atoms with van der Waals surface area (Å²) in [5, 5.41) is 4.07. The van der Waals surface area contributed by atoms with Crippen LogP contribution in [-0.4, -0.2) is 48.4 Å². The molecular weight excluding hydrogens is 402 g/mol. The van der Waals surface area contributed by atoms with Crippen molar-refractivity contribution < 1.29 is 9.21 Å². The molecule has 1 amide bonds. The maximum atomic E-state index is 12.6. The molecule has 1 fully saturated rings. The second kappa shape index (κ2) is 10.1. The van der Waals surface area contributed by atoms with Crippen molar-refractivity contribution in [2.45, 2.75) is 33.2 Å². The average molecular weight is 434 g/mol. The van der Waals surface area contributed by atoms with Gasteiger partial charge in [0.2, 0.25) is 5.91 Å². The van der Waals surface area contributed by atoms with Crippen LogP contribution in [0.2, 0.25) is 0 Å². The Kier molecular flexibility index (Phi) is 7.02. The van der Waals surface area contributed by atoms with Crippen LogP contribution in [-0.2, 0) is 24.2 Å². The first kappa shape index (κ1) is 22.2. The molecule has 0 spiro atoms. The topological polar surface area (TPSA) is 65.8 Å². The van der Waals surface area contributed by atoms with E-state index in [2.05, 4.69) is 35.0 Å². The number of rotatable bonds is 7. The summed E-state index contributed by atoms with van der Waals surface area (Å²) in [7, 11) is 0. The molecule has 4 rings (SSSR count). The number of hydrogen-bond donors (Lipinski definition) is 1. The predicted molar refractivity (Wildman–Crippen MR) is 128 cm³/mol. The number of nitrogens with zero attached hydrogens (tertiary/aromatic N) is 2. The number of piperazine rings is 1. The highest BCUT2D eigenvalue weighted by Gasteiger charge is 2.20. The first-order valence-electron chi connectivity index (χ1n) is 11.4. The zero-order chi connectivity index (χ0) is 22.5. The summed E-state index contributed by atoms with van der Waals surface area (Å²) >= 11 is 0. The number of amides is 1. The smallest absolute Gasteiger partial charge is 0.336 e. The Bertz CT molecular complexity index is 1150. The molecule has 3 aromatic rings. The van der Waals surface area contributed by atoms with Crippen LogP contribution < -0.4 is 10.9 Å². The Morgan fingerprint density at radius 3 is 2.44 bits per heavy atom. The lowest BCUT2D eigenvalue weighted by atomic mass is 10.0. The van der Waals surface area contributed by atoms with Gasteiger partial charge in [-0.15, -0.1) is 0 Å². The SMILES string of the molecule is CCc1ccc2oc(=O)cc(CN3CCN(CC(=O)Nc4ccccc4CC)CC3)c2c1. The molecule has 1 aliphatic rings. The van der Waals surface area contributed by atoms with Crippen molar-refractivity contribution in [1.82, 2.24) is 9.80 Å². The number of carbonyl (C=O) groups is 1. The minimum absolute atomic E-state index is 0.0260. The van der Waals surface area contributed by atoms with Crippen molar-refractivity contribution in [2.24, 2.45) is 0 Å². The number of anilines is 1. The molecular formula is C26H31N3O3. The highest BCUT2D eigenvalue weighted by molar-refractivity contribution is 5.93. The molecule has 2 aromatic carbocycles. The van der Waals surface area contributed by atoms with Crippen LogP contribution in [0.5, 0.6) is 0 Å². The minimum Gasteiger partial charge on any atom is -0.423 e. The molecule has 168 valence electrons. The quantitative estimate of drug-likeness (QED) is 0.576. The van der Waals surface area contributed by atoms with Crippen LogP contribution in [0.1, 0.15) is 30.5 Å². The minimum atomic E-state index is -0.306. The summed E-state index contributed by atoms with van der Waals surface area (Å²) in [5.74, 6) is 0.0260. The molecule has 1 aromatic heterocycles. The molecule has 2 heterocycles. The second-order valence-corrected chi connectivity index (χ2v) is 8.39. The van der Waals surface area contributed by atoms with Crippen LogP contribution >= 0.6 is 0 Å². The van der Waals surface area contributed by atoms with E-state index in [0.29, 0.717) is 18.7 Å². The third-order valence-electron chi connectivity index (χ3n) is 6.20. The van der Waals surface area contributed by atoms with E-state index in [9.17, 15) is 9.59 Å². The van der Waals surface area contributed by atoms with Crippen LogP contribution in [0.3, 0.4) is 0 Å². The molecule has 0 atom stereocenters. The number of fused-ring (bicyclic) bond motifs is 1. The van der Waals surface area contributed by atoms with Crippen molar-refractivity contribution >= 4 is 22.6 Å². The van der Waals surface area contributed by atoms with Gasteiger partial charge in [-0.1, -0.05) is 38.1 Å². The number of hydrogen-bond acceptors (Lipinski definition) is 5. The van der Waals surface area contributed by atoms with Gasteiger partial charge in [0.05, 0.1) is 6.54 Å². The molecule has 1 aliphatic heterocycles. The Balaban J connectivity index is 1.35. The van der Waals surface area contributed by atoms with E-state index in [1.54, 1.807) is 6.07 Å². The van der Waals surface area contributed by atoms with Crippen molar-refractivity contribution in [3.05, 3.63) is 75.6 Å². The maximum absolute atomic E-state index is 12.6. The molecule has 6 heteroatoms. The van der Waals surface area contributed by atoms with Gasteiger partial charge in [-0.3, -0.25) is 14.6 Å². The standard InChI is InChI=1S/C26H31N3O3/c1-3-19-9-10-24-22(15-19)21(16-26(31)32-24)17-28-11-13-29(14-12-28)18-25(30)27-23-8-6-5-7-20(23)4-2/h5-10,15-16H,3-4,11-14,17-18H2,1-2H3,(H,27,30). The molecule has 0 unspecified atom stereocenters. The van der Waals surface area contributed by atoms with Crippen LogP contribution in [0, 0.1) is 0 Å². The van der Waals surface area contributed by atoms with Gasteiger partial charge in [-0.2, -0.15) is 0 Å². The van der Waals surface area contributed by atoms with Gasteiger partial charge in [-0.25, -0.2) is 4.79 Å². The predicted octanol–water partition coefficient (Wildman–Crippen LogP) is 3.67. The Morgan fingerprint density at radius 2 is 1.69 bits per heavy atom. The third kappa shape index (κ3) is 5.26. The lowest BCUT2D eigenvalue weighted by Gasteiger charge is -2.34. The maximum Gasteiger partial charge on any atom is 0.336 e. The number of benzene rings is 2. The van der Waals surface area contributed by atoms with Gasteiger partial charge in [0.15, 0.2) is 0 Å². The van der Waals surface area contributed by atoms with E-state index in [-0.39, 0.29) is 11.5 Å². The van der Waals surface area contributed by atoms with Crippen molar-refractivity contribution in [2.75, 3.05) is 38.0 Å². The lowest BCUT2D eigenvalue weighted by Crippen LogP contribution is -2.48. The fraction of sp³-hybridized carbons (Fsp3) is 0.385. The molecule has 0 saturated carbocycles. The van der Waals surface area contributed by atoms with Gasteiger partial charge in [-0.05, 0) is 47.7 Å². The zero-order valence-electron chi connectivity index (χ0n) is 18.9. The Labute approximate surface area is 188 Å². The highest BCUT2D eigenvalue weighted by atomic mass is 16.4. The molecule has 0 aliphatic carbocycles. The normalized spacial score (nSPS) is 15.2. The first-order chi connectivity index (χ1) is 15.6. The van der Waals surface area contributed by atoms with Crippen molar-refractivity contribution in [1.29, 1.82) is 0 Å². The summed E-state index contributed by atoms with van der Waals surface area (Å²) in [6.45, 7) is 8.67. The van der Waals surface area contributed by atoms with Gasteiger partial charge in [0.25, 0.3) is 0 Å². The van der Waals surface area contributed by atoms with Crippen LogP contribution in [0.15, 0.2) is 57.7 Å². The molecule has 0 radical (unpaired) electrons. The van der Waals surface area contributed by atoms with Crippen LogP contribution in [0.25, 0.3) is 11.0 Å². The van der Waals surface area contributed by atoms with E-state index in [1.165, 1.54) is 5.56 Å². The van der Waals surface area contributed by atoms with Crippen LogP contribution in [0.4, 0.5) is 5.69 Å². The number of nitrogens with one attached hydrogen (secondary N) is 1. The molecule has 1 N–H and O–H groups in total. The van der Waals surface area contributed by atoms with E-state index in [1.807, 2.05) is 36.4 Å². The van der Waals surface area contributed by atoms with Crippen molar-refractivity contribution in [3.63, 3.8) is 0 Å². The molecule has 0 bridgehead atoms. The Hall–Kier alpha value is -2.96. The molecule has 32 heavy (non-hydrogen) atoms. The molecule has 6 nitrogen and oxygen atoms in total. The number of aryl methyl sites for hydroxylation is 2.